The Kier molecular flexibility index (Phi) is 4.64. The van der Waals surface area contributed by atoms with Crippen LogP contribution in [0.5, 0.6) is 0 Å². The van der Waals surface area contributed by atoms with Crippen molar-refractivity contribution in [1.29, 1.82) is 0 Å². The van der Waals surface area contributed by atoms with Crippen LogP contribution in [0.4, 0.5) is 5.82 Å². The van der Waals surface area contributed by atoms with Gasteiger partial charge in [-0.25, -0.2) is 9.97 Å². The summed E-state index contributed by atoms with van der Waals surface area (Å²) in [7, 11) is 0. The Hall–Kier alpha value is -1.49. The highest BCUT2D eigenvalue weighted by Gasteiger charge is 2.03. The molecule has 2 aromatic heterocycles. The second-order valence-corrected chi connectivity index (χ2v) is 4.90. The van der Waals surface area contributed by atoms with Crippen LogP contribution < -0.4 is 5.32 Å². The van der Waals surface area contributed by atoms with Crippen LogP contribution in [-0.2, 0) is 11.5 Å². The number of rotatable bonds is 6. The molecule has 1 N–H and O–H groups in total. The average molecular weight is 263 g/mol. The topological polar surface area (TPSA) is 51.0 Å². The number of thioether (sulfide) groups is 1. The first-order valence-corrected chi connectivity index (χ1v) is 7.12. The zero-order valence-corrected chi connectivity index (χ0v) is 11.5. The molecule has 0 spiro atoms. The summed E-state index contributed by atoms with van der Waals surface area (Å²) in [4.78, 5) is 8.90. The fourth-order valence-electron chi connectivity index (χ4n) is 1.60. The van der Waals surface area contributed by atoms with Gasteiger partial charge >= 0.3 is 0 Å². The van der Waals surface area contributed by atoms with E-state index in [1.165, 1.54) is 0 Å². The molecule has 18 heavy (non-hydrogen) atoms. The molecule has 0 aliphatic carbocycles. The lowest BCUT2D eigenvalue weighted by Gasteiger charge is -2.06. The van der Waals surface area contributed by atoms with E-state index in [2.05, 4.69) is 22.2 Å². The van der Waals surface area contributed by atoms with E-state index in [0.717, 1.165) is 41.1 Å². The van der Waals surface area contributed by atoms with Crippen molar-refractivity contribution in [1.82, 2.24) is 9.97 Å². The van der Waals surface area contributed by atoms with E-state index in [-0.39, 0.29) is 0 Å². The van der Waals surface area contributed by atoms with Gasteiger partial charge in [-0.05, 0) is 26.0 Å². The number of furan rings is 1. The highest BCUT2D eigenvalue weighted by atomic mass is 32.2. The van der Waals surface area contributed by atoms with Gasteiger partial charge in [-0.15, -0.1) is 11.8 Å². The summed E-state index contributed by atoms with van der Waals surface area (Å²) in [6.45, 7) is 4.92. The number of nitrogens with one attached hydrogen (secondary N) is 1. The molecule has 0 fully saturated rings. The zero-order valence-electron chi connectivity index (χ0n) is 10.6. The molecule has 0 aliphatic rings. The maximum Gasteiger partial charge on any atom is 0.140 e. The quantitative estimate of drug-likeness (QED) is 0.867. The van der Waals surface area contributed by atoms with Gasteiger partial charge in [-0.3, -0.25) is 0 Å². The highest BCUT2D eigenvalue weighted by molar-refractivity contribution is 7.97. The monoisotopic (exact) mass is 263 g/mol. The molecular weight excluding hydrogens is 246 g/mol. The first-order valence-electron chi connectivity index (χ1n) is 5.96. The van der Waals surface area contributed by atoms with Gasteiger partial charge in [-0.2, -0.15) is 0 Å². The number of anilines is 1. The lowest BCUT2D eigenvalue weighted by Crippen LogP contribution is -2.04. The summed E-state index contributed by atoms with van der Waals surface area (Å²) in [5.41, 5.74) is 0.995. The van der Waals surface area contributed by atoms with Crippen molar-refractivity contribution in [3.05, 3.63) is 41.7 Å². The smallest absolute Gasteiger partial charge is 0.140 e. The normalized spacial score (nSPS) is 10.6. The summed E-state index contributed by atoms with van der Waals surface area (Å²) in [5, 5.41) is 3.21. The number of aryl methyl sites for hydroxylation is 1. The SMILES string of the molecule is CCNc1cc(C)nc(CSCc2ccco2)n1. The third kappa shape index (κ3) is 3.77. The van der Waals surface area contributed by atoms with Crippen LogP contribution in [-0.4, -0.2) is 16.5 Å². The molecule has 4 nitrogen and oxygen atoms in total. The molecule has 0 saturated heterocycles. The predicted molar refractivity (Wildman–Crippen MR) is 74.6 cm³/mol. The van der Waals surface area contributed by atoms with Gasteiger partial charge in [0.05, 0.1) is 17.8 Å². The third-order valence-corrected chi connectivity index (χ3v) is 3.26. The van der Waals surface area contributed by atoms with Gasteiger partial charge in [0.2, 0.25) is 0 Å². The first-order chi connectivity index (χ1) is 8.78. The van der Waals surface area contributed by atoms with Crippen LogP contribution in [0, 0.1) is 6.92 Å². The second-order valence-electron chi connectivity index (χ2n) is 3.91. The molecule has 0 amide bonds. The van der Waals surface area contributed by atoms with Gasteiger partial charge in [0, 0.05) is 18.3 Å². The molecule has 5 heteroatoms. The summed E-state index contributed by atoms with van der Waals surface area (Å²) < 4.78 is 5.28. The van der Waals surface area contributed by atoms with Crippen LogP contribution in [0.15, 0.2) is 28.9 Å². The van der Waals surface area contributed by atoms with Crippen LogP contribution in [0.1, 0.15) is 24.2 Å². The molecular formula is C13H17N3OS. The maximum absolute atomic E-state index is 5.28. The van der Waals surface area contributed by atoms with E-state index < -0.39 is 0 Å². The molecule has 96 valence electrons. The van der Waals surface area contributed by atoms with Crippen LogP contribution in [0.3, 0.4) is 0 Å². The van der Waals surface area contributed by atoms with Crippen molar-refractivity contribution in [2.24, 2.45) is 0 Å². The molecule has 2 heterocycles. The number of nitrogens with zero attached hydrogens (tertiary/aromatic N) is 2. The van der Waals surface area contributed by atoms with Crippen LogP contribution in [0.25, 0.3) is 0 Å². The van der Waals surface area contributed by atoms with Crippen molar-refractivity contribution in [3.8, 4) is 0 Å². The standard InChI is InChI=1S/C13H17N3OS/c1-3-14-12-7-10(2)15-13(16-12)9-18-8-11-5-4-6-17-11/h4-7H,3,8-9H2,1-2H3,(H,14,15,16). The van der Waals surface area contributed by atoms with E-state index in [1.807, 2.05) is 25.1 Å². The lowest BCUT2D eigenvalue weighted by molar-refractivity contribution is 0.530. The predicted octanol–water partition coefficient (Wildman–Crippen LogP) is 3.24. The molecule has 0 saturated carbocycles. The van der Waals surface area contributed by atoms with E-state index in [4.69, 9.17) is 4.42 Å². The average Bonchev–Trinajstić information content (AvgIpc) is 2.82. The Bertz CT molecular complexity index is 485. The molecule has 0 unspecified atom stereocenters. The minimum Gasteiger partial charge on any atom is -0.468 e. The molecule has 2 rings (SSSR count). The van der Waals surface area contributed by atoms with Crippen molar-refractivity contribution >= 4 is 17.6 Å². The van der Waals surface area contributed by atoms with Gasteiger partial charge in [0.15, 0.2) is 0 Å². The van der Waals surface area contributed by atoms with E-state index >= 15 is 0 Å². The fourth-order valence-corrected chi connectivity index (χ4v) is 2.38. The number of hydrogen-bond donors (Lipinski definition) is 1. The van der Waals surface area contributed by atoms with Crippen molar-refractivity contribution < 1.29 is 4.42 Å². The largest absolute Gasteiger partial charge is 0.468 e. The van der Waals surface area contributed by atoms with E-state index in [0.29, 0.717) is 0 Å². The van der Waals surface area contributed by atoms with Crippen molar-refractivity contribution in [3.63, 3.8) is 0 Å². The fraction of sp³-hybridized carbons (Fsp3) is 0.385. The van der Waals surface area contributed by atoms with Gasteiger partial charge < -0.3 is 9.73 Å². The second kappa shape index (κ2) is 6.44. The number of aromatic nitrogens is 2. The minimum atomic E-state index is 0.792. The molecule has 0 atom stereocenters. The van der Waals surface area contributed by atoms with Gasteiger partial charge in [0.1, 0.15) is 17.4 Å². The van der Waals surface area contributed by atoms with E-state index in [1.54, 1.807) is 18.0 Å². The summed E-state index contributed by atoms with van der Waals surface area (Å²) >= 11 is 1.75. The van der Waals surface area contributed by atoms with Crippen molar-refractivity contribution in [2.75, 3.05) is 11.9 Å². The molecule has 0 bridgehead atoms. The van der Waals surface area contributed by atoms with Gasteiger partial charge in [0.25, 0.3) is 0 Å². The summed E-state index contributed by atoms with van der Waals surface area (Å²) in [6, 6.07) is 5.85. The van der Waals surface area contributed by atoms with Crippen LogP contribution >= 0.6 is 11.8 Å². The van der Waals surface area contributed by atoms with Gasteiger partial charge in [-0.1, -0.05) is 0 Å². The summed E-state index contributed by atoms with van der Waals surface area (Å²) in [6.07, 6.45) is 1.70. The summed E-state index contributed by atoms with van der Waals surface area (Å²) in [5.74, 6) is 4.39. The number of hydrogen-bond acceptors (Lipinski definition) is 5. The molecule has 0 aliphatic heterocycles. The van der Waals surface area contributed by atoms with E-state index in [9.17, 15) is 0 Å². The zero-order chi connectivity index (χ0) is 12.8. The Labute approximate surface area is 111 Å². The molecule has 0 radical (unpaired) electrons. The Morgan fingerprint density at radius 3 is 2.94 bits per heavy atom. The maximum atomic E-state index is 5.28. The lowest BCUT2D eigenvalue weighted by atomic mass is 10.4. The minimum absolute atomic E-state index is 0.792. The third-order valence-electron chi connectivity index (χ3n) is 2.31. The Balaban J connectivity index is 1.92. The molecule has 0 aromatic carbocycles. The Morgan fingerprint density at radius 2 is 2.22 bits per heavy atom. The van der Waals surface area contributed by atoms with Crippen LogP contribution in [0.2, 0.25) is 0 Å². The molecule has 2 aromatic rings. The Morgan fingerprint density at radius 1 is 1.33 bits per heavy atom. The highest BCUT2D eigenvalue weighted by Crippen LogP contribution is 2.17. The first kappa shape index (κ1) is 13.0. The van der Waals surface area contributed by atoms with Crippen molar-refractivity contribution in [2.45, 2.75) is 25.4 Å².